The minimum Gasteiger partial charge on any atom is -0.327 e. The molecule has 0 rings (SSSR count). The summed E-state index contributed by atoms with van der Waals surface area (Å²) in [5.41, 5.74) is 11.1. The fraction of sp³-hybridized carbons (Fsp3) is 1.00. The van der Waals surface area contributed by atoms with Crippen LogP contribution < -0.4 is 22.1 Å². The van der Waals surface area contributed by atoms with E-state index in [0.717, 1.165) is 26.2 Å². The highest BCUT2D eigenvalue weighted by atomic mass is 15.0. The highest BCUT2D eigenvalue weighted by molar-refractivity contribution is 4.61. The van der Waals surface area contributed by atoms with Crippen LogP contribution in [0, 0.1) is 0 Å². The standard InChI is InChI=1S/C8H22N4/c1-7(9)5-11-3-4-12-6-8(2)10/h7-8,11-12H,3-6,9-10H2,1-2H3/t7-,8?/m1/s1. The summed E-state index contributed by atoms with van der Waals surface area (Å²) in [5.74, 6) is 0. The molecule has 0 aliphatic heterocycles. The lowest BCUT2D eigenvalue weighted by atomic mass is 10.3. The van der Waals surface area contributed by atoms with E-state index < -0.39 is 0 Å². The molecule has 74 valence electrons. The van der Waals surface area contributed by atoms with Crippen LogP contribution in [0.1, 0.15) is 13.8 Å². The van der Waals surface area contributed by atoms with Crippen molar-refractivity contribution < 1.29 is 0 Å². The lowest BCUT2D eigenvalue weighted by Gasteiger charge is -2.09. The topological polar surface area (TPSA) is 76.1 Å². The van der Waals surface area contributed by atoms with Crippen LogP contribution in [0.25, 0.3) is 0 Å². The van der Waals surface area contributed by atoms with Crippen molar-refractivity contribution >= 4 is 0 Å². The third kappa shape index (κ3) is 9.84. The summed E-state index contributed by atoms with van der Waals surface area (Å²) in [4.78, 5) is 0. The number of rotatable bonds is 7. The average molecular weight is 174 g/mol. The molecule has 0 aromatic carbocycles. The van der Waals surface area contributed by atoms with Gasteiger partial charge in [-0.3, -0.25) is 0 Å². The van der Waals surface area contributed by atoms with Crippen LogP contribution in [0.4, 0.5) is 0 Å². The second-order valence-electron chi connectivity index (χ2n) is 3.36. The predicted octanol–water partition coefficient (Wildman–Crippen LogP) is -1.14. The molecule has 12 heavy (non-hydrogen) atoms. The normalized spacial score (nSPS) is 16.0. The van der Waals surface area contributed by atoms with Crippen LogP contribution in [0.5, 0.6) is 0 Å². The Balaban J connectivity index is 2.91. The Labute approximate surface area is 75.1 Å². The molecule has 0 amide bonds. The summed E-state index contributed by atoms with van der Waals surface area (Å²) < 4.78 is 0. The number of hydrogen-bond donors (Lipinski definition) is 4. The van der Waals surface area contributed by atoms with Gasteiger partial charge in [-0.25, -0.2) is 0 Å². The van der Waals surface area contributed by atoms with Gasteiger partial charge in [-0.2, -0.15) is 0 Å². The molecule has 0 saturated heterocycles. The zero-order valence-corrected chi connectivity index (χ0v) is 8.14. The second-order valence-corrected chi connectivity index (χ2v) is 3.36. The Bertz CT molecular complexity index is 81.1. The smallest absolute Gasteiger partial charge is 0.0136 e. The lowest BCUT2D eigenvalue weighted by molar-refractivity contribution is 0.555. The van der Waals surface area contributed by atoms with Crippen LogP contribution in [0.3, 0.4) is 0 Å². The Morgan fingerprint density at radius 1 is 0.917 bits per heavy atom. The van der Waals surface area contributed by atoms with Gasteiger partial charge in [0, 0.05) is 38.3 Å². The molecule has 4 heteroatoms. The maximum Gasteiger partial charge on any atom is 0.0136 e. The van der Waals surface area contributed by atoms with Crippen molar-refractivity contribution in [3.63, 3.8) is 0 Å². The van der Waals surface area contributed by atoms with Crippen molar-refractivity contribution in [1.29, 1.82) is 0 Å². The molecule has 6 N–H and O–H groups in total. The molecule has 0 saturated carbocycles. The summed E-state index contributed by atoms with van der Waals surface area (Å²) in [6.45, 7) is 7.63. The maximum atomic E-state index is 5.55. The molecular formula is C8H22N4. The molecule has 0 spiro atoms. The highest BCUT2D eigenvalue weighted by Gasteiger charge is 1.93. The molecule has 0 aliphatic rings. The van der Waals surface area contributed by atoms with Crippen molar-refractivity contribution in [3.8, 4) is 0 Å². The third-order valence-corrected chi connectivity index (χ3v) is 1.41. The van der Waals surface area contributed by atoms with Gasteiger partial charge in [0.25, 0.3) is 0 Å². The zero-order chi connectivity index (χ0) is 9.40. The van der Waals surface area contributed by atoms with Gasteiger partial charge in [-0.05, 0) is 13.8 Å². The van der Waals surface area contributed by atoms with E-state index in [1.165, 1.54) is 0 Å². The first-order valence-electron chi connectivity index (χ1n) is 4.55. The predicted molar refractivity (Wildman–Crippen MR) is 53.0 cm³/mol. The van der Waals surface area contributed by atoms with Gasteiger partial charge in [0.2, 0.25) is 0 Å². The Morgan fingerprint density at radius 3 is 1.50 bits per heavy atom. The van der Waals surface area contributed by atoms with Gasteiger partial charge >= 0.3 is 0 Å². The molecule has 0 aliphatic carbocycles. The SMILES string of the molecule is CC(N)CNCCNC[C@@H](C)N. The van der Waals surface area contributed by atoms with E-state index in [-0.39, 0.29) is 12.1 Å². The maximum absolute atomic E-state index is 5.55. The molecule has 0 heterocycles. The van der Waals surface area contributed by atoms with Crippen molar-refractivity contribution in [3.05, 3.63) is 0 Å². The van der Waals surface area contributed by atoms with E-state index in [9.17, 15) is 0 Å². The number of nitrogens with one attached hydrogen (secondary N) is 2. The Kier molecular flexibility index (Phi) is 7.39. The fourth-order valence-electron chi connectivity index (χ4n) is 0.836. The summed E-state index contributed by atoms with van der Waals surface area (Å²) in [6.07, 6.45) is 0. The van der Waals surface area contributed by atoms with E-state index in [0.29, 0.717) is 0 Å². The monoisotopic (exact) mass is 174 g/mol. The molecular weight excluding hydrogens is 152 g/mol. The largest absolute Gasteiger partial charge is 0.327 e. The Hall–Kier alpha value is -0.160. The minimum atomic E-state index is 0.235. The van der Waals surface area contributed by atoms with E-state index in [4.69, 9.17) is 11.5 Å². The van der Waals surface area contributed by atoms with Gasteiger partial charge in [0.1, 0.15) is 0 Å². The molecule has 0 radical (unpaired) electrons. The second kappa shape index (κ2) is 7.49. The molecule has 2 atom stereocenters. The first kappa shape index (κ1) is 11.8. The summed E-state index contributed by atoms with van der Waals surface area (Å²) in [5, 5.41) is 6.46. The quantitative estimate of drug-likeness (QED) is 0.368. The van der Waals surface area contributed by atoms with E-state index in [1.54, 1.807) is 0 Å². The van der Waals surface area contributed by atoms with Crippen LogP contribution in [-0.4, -0.2) is 38.3 Å². The van der Waals surface area contributed by atoms with E-state index in [2.05, 4.69) is 10.6 Å². The van der Waals surface area contributed by atoms with Crippen LogP contribution in [0.2, 0.25) is 0 Å². The van der Waals surface area contributed by atoms with Crippen molar-refractivity contribution in [2.75, 3.05) is 26.2 Å². The molecule has 0 aromatic rings. The van der Waals surface area contributed by atoms with Gasteiger partial charge in [0.05, 0.1) is 0 Å². The van der Waals surface area contributed by atoms with E-state index in [1.807, 2.05) is 13.8 Å². The van der Waals surface area contributed by atoms with Crippen LogP contribution in [0.15, 0.2) is 0 Å². The first-order chi connectivity index (χ1) is 5.63. The average Bonchev–Trinajstić information content (AvgIpc) is 1.95. The lowest BCUT2D eigenvalue weighted by Crippen LogP contribution is -2.38. The molecule has 0 aromatic heterocycles. The summed E-state index contributed by atoms with van der Waals surface area (Å²) in [7, 11) is 0. The summed E-state index contributed by atoms with van der Waals surface area (Å²) >= 11 is 0. The van der Waals surface area contributed by atoms with Crippen LogP contribution >= 0.6 is 0 Å². The van der Waals surface area contributed by atoms with Gasteiger partial charge in [-0.15, -0.1) is 0 Å². The molecule has 4 nitrogen and oxygen atoms in total. The van der Waals surface area contributed by atoms with Gasteiger partial charge in [-0.1, -0.05) is 0 Å². The first-order valence-corrected chi connectivity index (χ1v) is 4.55. The fourth-order valence-corrected chi connectivity index (χ4v) is 0.836. The molecule has 0 bridgehead atoms. The number of nitrogens with two attached hydrogens (primary N) is 2. The van der Waals surface area contributed by atoms with Crippen molar-refractivity contribution in [2.45, 2.75) is 25.9 Å². The van der Waals surface area contributed by atoms with Crippen molar-refractivity contribution in [2.24, 2.45) is 11.5 Å². The number of hydrogen-bond acceptors (Lipinski definition) is 4. The summed E-state index contributed by atoms with van der Waals surface area (Å²) in [6, 6.07) is 0.469. The minimum absolute atomic E-state index is 0.235. The van der Waals surface area contributed by atoms with Crippen molar-refractivity contribution in [1.82, 2.24) is 10.6 Å². The highest BCUT2D eigenvalue weighted by Crippen LogP contribution is 1.70. The zero-order valence-electron chi connectivity index (χ0n) is 8.14. The van der Waals surface area contributed by atoms with Gasteiger partial charge < -0.3 is 22.1 Å². The molecule has 1 unspecified atom stereocenters. The Morgan fingerprint density at radius 2 is 1.25 bits per heavy atom. The van der Waals surface area contributed by atoms with E-state index >= 15 is 0 Å². The third-order valence-electron chi connectivity index (χ3n) is 1.41. The molecule has 0 fully saturated rings. The van der Waals surface area contributed by atoms with Gasteiger partial charge in [0.15, 0.2) is 0 Å². The van der Waals surface area contributed by atoms with Crippen LogP contribution in [-0.2, 0) is 0 Å².